The third kappa shape index (κ3) is 22.0. The molecule has 0 amide bonds. The first-order chi connectivity index (χ1) is 12.8. The summed E-state index contributed by atoms with van der Waals surface area (Å²) in [5.41, 5.74) is 0. The van der Waals surface area contributed by atoms with Crippen LogP contribution >= 0.6 is 0 Å². The molecule has 1 atom stereocenters. The van der Waals surface area contributed by atoms with Crippen LogP contribution in [0.15, 0.2) is 0 Å². The molecule has 1 unspecified atom stereocenters. The Bertz CT molecular complexity index is 244. The van der Waals surface area contributed by atoms with E-state index in [1.54, 1.807) is 0 Å². The summed E-state index contributed by atoms with van der Waals surface area (Å²) in [4.78, 5) is 0. The third-order valence-electron chi connectivity index (χ3n) is 5.48. The van der Waals surface area contributed by atoms with Gasteiger partial charge in [0.05, 0.1) is 6.10 Å². The molecule has 0 spiro atoms. The van der Waals surface area contributed by atoms with E-state index >= 15 is 0 Å². The second kappa shape index (κ2) is 23.0. The molecule has 0 aromatic rings. The fourth-order valence-electron chi connectivity index (χ4n) is 3.62. The van der Waals surface area contributed by atoms with Crippen molar-refractivity contribution >= 4 is 0 Å². The molecule has 2 N–H and O–H groups in total. The third-order valence-corrected chi connectivity index (χ3v) is 5.48. The second-order valence-corrected chi connectivity index (χ2v) is 8.30. The number of unbranched alkanes of at least 4 members (excludes halogenated alkanes) is 16. The van der Waals surface area contributed by atoms with E-state index in [0.717, 1.165) is 25.9 Å². The van der Waals surface area contributed by atoms with Crippen LogP contribution in [0.5, 0.6) is 0 Å². The van der Waals surface area contributed by atoms with E-state index in [2.05, 4.69) is 19.2 Å². The molecule has 0 aromatic heterocycles. The smallest absolute Gasteiger partial charge is 0.0664 e. The lowest BCUT2D eigenvalue weighted by Crippen LogP contribution is -2.27. The highest BCUT2D eigenvalue weighted by Gasteiger charge is 2.02. The van der Waals surface area contributed by atoms with E-state index in [-0.39, 0.29) is 6.10 Å². The van der Waals surface area contributed by atoms with Gasteiger partial charge in [-0.3, -0.25) is 0 Å². The largest absolute Gasteiger partial charge is 0.392 e. The fraction of sp³-hybridized carbons (Fsp3) is 1.00. The number of aliphatic hydroxyl groups excluding tert-OH is 1. The summed E-state index contributed by atoms with van der Waals surface area (Å²) in [5.74, 6) is 0. The molecular formula is C24H51NO. The Hall–Kier alpha value is -0.0800. The van der Waals surface area contributed by atoms with Crippen LogP contribution in [0.2, 0.25) is 0 Å². The summed E-state index contributed by atoms with van der Waals surface area (Å²) in [5, 5.41) is 13.2. The maximum absolute atomic E-state index is 9.84. The average molecular weight is 370 g/mol. The normalized spacial score (nSPS) is 12.6. The molecular weight excluding hydrogens is 318 g/mol. The zero-order valence-electron chi connectivity index (χ0n) is 18.4. The van der Waals surface area contributed by atoms with Gasteiger partial charge in [-0.1, -0.05) is 123 Å². The van der Waals surface area contributed by atoms with Gasteiger partial charge in [0.15, 0.2) is 0 Å². The van der Waals surface area contributed by atoms with Crippen molar-refractivity contribution in [1.82, 2.24) is 5.32 Å². The molecule has 0 radical (unpaired) electrons. The van der Waals surface area contributed by atoms with Crippen molar-refractivity contribution in [3.63, 3.8) is 0 Å². The number of hydrogen-bond donors (Lipinski definition) is 2. The highest BCUT2D eigenvalue weighted by atomic mass is 16.3. The Kier molecular flexibility index (Phi) is 22.9. The lowest BCUT2D eigenvalue weighted by molar-refractivity contribution is 0.158. The monoisotopic (exact) mass is 369 g/mol. The predicted octanol–water partition coefficient (Wildman–Crippen LogP) is 7.39. The molecule has 158 valence electrons. The Balaban J connectivity index is 3.05. The molecule has 0 aliphatic carbocycles. The van der Waals surface area contributed by atoms with E-state index in [1.807, 2.05) is 0 Å². The minimum atomic E-state index is -0.141. The van der Waals surface area contributed by atoms with Crippen LogP contribution in [0.1, 0.15) is 136 Å². The second-order valence-electron chi connectivity index (χ2n) is 8.30. The van der Waals surface area contributed by atoms with Crippen molar-refractivity contribution in [1.29, 1.82) is 0 Å². The van der Waals surface area contributed by atoms with Gasteiger partial charge in [0, 0.05) is 6.54 Å². The molecule has 0 aliphatic heterocycles. The van der Waals surface area contributed by atoms with E-state index in [1.165, 1.54) is 109 Å². The van der Waals surface area contributed by atoms with Gasteiger partial charge >= 0.3 is 0 Å². The van der Waals surface area contributed by atoms with Gasteiger partial charge in [-0.25, -0.2) is 0 Å². The molecule has 0 bridgehead atoms. The quantitative estimate of drug-likeness (QED) is 0.195. The zero-order chi connectivity index (χ0) is 19.1. The van der Waals surface area contributed by atoms with Gasteiger partial charge in [-0.05, 0) is 19.4 Å². The lowest BCUT2D eigenvalue weighted by atomic mass is 10.0. The Morgan fingerprint density at radius 1 is 0.538 bits per heavy atom. The van der Waals surface area contributed by atoms with Crippen molar-refractivity contribution in [2.45, 2.75) is 142 Å². The van der Waals surface area contributed by atoms with Crippen molar-refractivity contribution in [2.24, 2.45) is 0 Å². The molecule has 0 saturated heterocycles. The van der Waals surface area contributed by atoms with Crippen LogP contribution in [-0.2, 0) is 0 Å². The van der Waals surface area contributed by atoms with E-state index in [9.17, 15) is 5.11 Å². The number of rotatable bonds is 22. The van der Waals surface area contributed by atoms with Gasteiger partial charge in [0.25, 0.3) is 0 Å². The summed E-state index contributed by atoms with van der Waals surface area (Å²) >= 11 is 0. The standard InChI is InChI=1S/C24H51NO/c1-3-5-7-8-9-10-11-12-13-14-15-16-17-18-20-22-25-23-24(26)21-19-6-4-2/h24-26H,3-23H2,1-2H3. The number of aliphatic hydroxyl groups is 1. The van der Waals surface area contributed by atoms with Crippen LogP contribution in [0.3, 0.4) is 0 Å². The van der Waals surface area contributed by atoms with Crippen molar-refractivity contribution in [2.75, 3.05) is 13.1 Å². The fourth-order valence-corrected chi connectivity index (χ4v) is 3.62. The summed E-state index contributed by atoms with van der Waals surface area (Å²) in [6, 6.07) is 0. The number of hydrogen-bond acceptors (Lipinski definition) is 2. The molecule has 0 aliphatic rings. The molecule has 0 aromatic carbocycles. The maximum atomic E-state index is 9.84. The van der Waals surface area contributed by atoms with Gasteiger partial charge in [0.2, 0.25) is 0 Å². The number of nitrogens with one attached hydrogen (secondary N) is 1. The average Bonchev–Trinajstić information content (AvgIpc) is 2.64. The van der Waals surface area contributed by atoms with Crippen LogP contribution in [-0.4, -0.2) is 24.3 Å². The Morgan fingerprint density at radius 2 is 0.923 bits per heavy atom. The molecule has 0 heterocycles. The van der Waals surface area contributed by atoms with Crippen LogP contribution < -0.4 is 5.32 Å². The highest BCUT2D eigenvalue weighted by molar-refractivity contribution is 4.60. The first-order valence-electron chi connectivity index (χ1n) is 12.2. The summed E-state index contributed by atoms with van der Waals surface area (Å²) in [7, 11) is 0. The van der Waals surface area contributed by atoms with Crippen molar-refractivity contribution in [3.8, 4) is 0 Å². The SMILES string of the molecule is CCCCCCCCCCCCCCCCCNCC(O)CCCCC. The van der Waals surface area contributed by atoms with E-state index in [0.29, 0.717) is 0 Å². The van der Waals surface area contributed by atoms with Crippen molar-refractivity contribution < 1.29 is 5.11 Å². The van der Waals surface area contributed by atoms with E-state index < -0.39 is 0 Å². The zero-order valence-corrected chi connectivity index (χ0v) is 18.4. The topological polar surface area (TPSA) is 32.3 Å². The van der Waals surface area contributed by atoms with Crippen molar-refractivity contribution in [3.05, 3.63) is 0 Å². The van der Waals surface area contributed by atoms with Crippen LogP contribution in [0, 0.1) is 0 Å². The maximum Gasteiger partial charge on any atom is 0.0664 e. The van der Waals surface area contributed by atoms with Gasteiger partial charge in [0.1, 0.15) is 0 Å². The minimum absolute atomic E-state index is 0.141. The predicted molar refractivity (Wildman–Crippen MR) is 118 cm³/mol. The molecule has 26 heavy (non-hydrogen) atoms. The molecule has 0 rings (SSSR count). The summed E-state index contributed by atoms with van der Waals surface area (Å²) < 4.78 is 0. The Morgan fingerprint density at radius 3 is 1.38 bits per heavy atom. The highest BCUT2D eigenvalue weighted by Crippen LogP contribution is 2.13. The van der Waals surface area contributed by atoms with Gasteiger partial charge in [-0.2, -0.15) is 0 Å². The molecule has 0 saturated carbocycles. The molecule has 2 nitrogen and oxygen atoms in total. The van der Waals surface area contributed by atoms with E-state index in [4.69, 9.17) is 0 Å². The minimum Gasteiger partial charge on any atom is -0.392 e. The van der Waals surface area contributed by atoms with Crippen LogP contribution in [0.4, 0.5) is 0 Å². The lowest BCUT2D eigenvalue weighted by Gasteiger charge is -2.11. The first-order valence-corrected chi connectivity index (χ1v) is 12.2. The van der Waals surface area contributed by atoms with Gasteiger partial charge in [-0.15, -0.1) is 0 Å². The molecule has 0 fully saturated rings. The van der Waals surface area contributed by atoms with Gasteiger partial charge < -0.3 is 10.4 Å². The molecule has 2 heteroatoms. The Labute approximate surface area is 165 Å². The summed E-state index contributed by atoms with van der Waals surface area (Å²) in [6.07, 6.45) is 25.7. The van der Waals surface area contributed by atoms with Crippen LogP contribution in [0.25, 0.3) is 0 Å². The first kappa shape index (κ1) is 25.9. The summed E-state index contributed by atoms with van der Waals surface area (Å²) in [6.45, 7) is 6.35.